The third kappa shape index (κ3) is 19.4. The monoisotopic (exact) mass is 424 g/mol. The molecule has 0 heterocycles. The standard InChI is InChI=1S/C28H56O2/c1-5-8-11-14-16-17-19-22-26(4)28(29)30-25-27(23-20-13-10-7-3)24-21-18-15-12-9-6-2/h26-27H,5-25H2,1-4H3. The molecule has 0 saturated carbocycles. The molecule has 0 aromatic heterocycles. The third-order valence-electron chi connectivity index (χ3n) is 6.54. The lowest BCUT2D eigenvalue weighted by atomic mass is 9.95. The van der Waals surface area contributed by atoms with Crippen molar-refractivity contribution in [2.24, 2.45) is 11.8 Å². The maximum absolute atomic E-state index is 12.5. The van der Waals surface area contributed by atoms with E-state index in [9.17, 15) is 4.79 Å². The molecule has 0 aliphatic heterocycles. The molecule has 0 rings (SSSR count). The van der Waals surface area contributed by atoms with Crippen molar-refractivity contribution in [1.82, 2.24) is 0 Å². The molecule has 0 aromatic rings. The van der Waals surface area contributed by atoms with Crippen molar-refractivity contribution in [2.75, 3.05) is 6.61 Å². The summed E-state index contributed by atoms with van der Waals surface area (Å²) in [6.45, 7) is 9.51. The van der Waals surface area contributed by atoms with Gasteiger partial charge in [-0.1, -0.05) is 137 Å². The first kappa shape index (κ1) is 29.5. The summed E-state index contributed by atoms with van der Waals surface area (Å²) < 4.78 is 5.79. The Labute approximate surface area is 190 Å². The Morgan fingerprint density at radius 3 is 1.40 bits per heavy atom. The largest absolute Gasteiger partial charge is 0.465 e. The van der Waals surface area contributed by atoms with Crippen molar-refractivity contribution >= 4 is 5.97 Å². The summed E-state index contributed by atoms with van der Waals surface area (Å²) in [7, 11) is 0. The quantitative estimate of drug-likeness (QED) is 0.120. The highest BCUT2D eigenvalue weighted by atomic mass is 16.5. The van der Waals surface area contributed by atoms with E-state index >= 15 is 0 Å². The molecular weight excluding hydrogens is 368 g/mol. The maximum Gasteiger partial charge on any atom is 0.308 e. The van der Waals surface area contributed by atoms with Gasteiger partial charge in [-0.15, -0.1) is 0 Å². The van der Waals surface area contributed by atoms with Crippen molar-refractivity contribution in [3.63, 3.8) is 0 Å². The zero-order chi connectivity index (χ0) is 22.3. The fourth-order valence-corrected chi connectivity index (χ4v) is 4.25. The number of esters is 1. The van der Waals surface area contributed by atoms with Crippen LogP contribution in [0, 0.1) is 11.8 Å². The molecule has 180 valence electrons. The number of hydrogen-bond donors (Lipinski definition) is 0. The Hall–Kier alpha value is -0.530. The summed E-state index contributed by atoms with van der Waals surface area (Å²) in [5.74, 6) is 0.681. The Morgan fingerprint density at radius 1 is 0.567 bits per heavy atom. The third-order valence-corrected chi connectivity index (χ3v) is 6.54. The van der Waals surface area contributed by atoms with Gasteiger partial charge in [0.15, 0.2) is 0 Å². The van der Waals surface area contributed by atoms with E-state index < -0.39 is 0 Å². The van der Waals surface area contributed by atoms with Gasteiger partial charge in [0.2, 0.25) is 0 Å². The van der Waals surface area contributed by atoms with Crippen LogP contribution in [-0.2, 0) is 9.53 Å². The minimum Gasteiger partial charge on any atom is -0.465 e. The molecule has 2 heteroatoms. The molecule has 0 radical (unpaired) electrons. The van der Waals surface area contributed by atoms with Crippen molar-refractivity contribution in [1.29, 1.82) is 0 Å². The lowest BCUT2D eigenvalue weighted by molar-refractivity contribution is -0.149. The number of carbonyl (C=O) groups excluding carboxylic acids is 1. The van der Waals surface area contributed by atoms with E-state index in [1.165, 1.54) is 122 Å². The number of rotatable bonds is 23. The average Bonchev–Trinajstić information content (AvgIpc) is 2.75. The summed E-state index contributed by atoms with van der Waals surface area (Å²) in [5.41, 5.74) is 0. The van der Waals surface area contributed by atoms with Gasteiger partial charge in [-0.05, 0) is 25.2 Å². The van der Waals surface area contributed by atoms with Crippen LogP contribution in [0.2, 0.25) is 0 Å². The highest BCUT2D eigenvalue weighted by Gasteiger charge is 2.17. The normalized spacial score (nSPS) is 13.3. The summed E-state index contributed by atoms with van der Waals surface area (Å²) in [4.78, 5) is 12.5. The Kier molecular flexibility index (Phi) is 22.7. The average molecular weight is 425 g/mol. The Balaban J connectivity index is 4.03. The molecule has 2 atom stereocenters. The smallest absolute Gasteiger partial charge is 0.308 e. The Bertz CT molecular complexity index is 353. The fraction of sp³-hybridized carbons (Fsp3) is 0.964. The van der Waals surface area contributed by atoms with Crippen molar-refractivity contribution in [3.8, 4) is 0 Å². The van der Waals surface area contributed by atoms with E-state index in [0.29, 0.717) is 12.5 Å². The van der Waals surface area contributed by atoms with Crippen LogP contribution in [0.4, 0.5) is 0 Å². The molecule has 0 amide bonds. The van der Waals surface area contributed by atoms with Crippen LogP contribution in [0.1, 0.15) is 156 Å². The van der Waals surface area contributed by atoms with Gasteiger partial charge in [0.25, 0.3) is 0 Å². The molecule has 0 aliphatic carbocycles. The summed E-state index contributed by atoms with van der Waals surface area (Å²) >= 11 is 0. The second-order valence-corrected chi connectivity index (χ2v) is 9.71. The first-order chi connectivity index (χ1) is 14.7. The molecule has 2 nitrogen and oxygen atoms in total. The number of ether oxygens (including phenoxy) is 1. The van der Waals surface area contributed by atoms with Crippen LogP contribution in [-0.4, -0.2) is 12.6 Å². The van der Waals surface area contributed by atoms with E-state index in [1.807, 2.05) is 0 Å². The zero-order valence-corrected chi connectivity index (χ0v) is 21.3. The molecule has 0 aliphatic rings. The van der Waals surface area contributed by atoms with Gasteiger partial charge < -0.3 is 4.74 Å². The molecule has 0 spiro atoms. The molecule has 0 aromatic carbocycles. The van der Waals surface area contributed by atoms with E-state index in [0.717, 1.165) is 6.42 Å². The molecule has 2 unspecified atom stereocenters. The molecule has 0 N–H and O–H groups in total. The van der Waals surface area contributed by atoms with Gasteiger partial charge in [-0.2, -0.15) is 0 Å². The molecule has 0 fully saturated rings. The first-order valence-electron chi connectivity index (χ1n) is 13.8. The van der Waals surface area contributed by atoms with Crippen molar-refractivity contribution in [2.45, 2.75) is 156 Å². The van der Waals surface area contributed by atoms with Gasteiger partial charge in [-0.25, -0.2) is 0 Å². The van der Waals surface area contributed by atoms with E-state index in [-0.39, 0.29) is 11.9 Å². The second-order valence-electron chi connectivity index (χ2n) is 9.71. The minimum atomic E-state index is 0.0440. The summed E-state index contributed by atoms with van der Waals surface area (Å²) in [5, 5.41) is 0. The molecule has 0 bridgehead atoms. The van der Waals surface area contributed by atoms with Crippen LogP contribution < -0.4 is 0 Å². The lowest BCUT2D eigenvalue weighted by Gasteiger charge is -2.19. The second kappa shape index (κ2) is 23.1. The topological polar surface area (TPSA) is 26.3 Å². The predicted molar refractivity (Wildman–Crippen MR) is 133 cm³/mol. The number of carbonyl (C=O) groups is 1. The molecule has 0 saturated heterocycles. The lowest BCUT2D eigenvalue weighted by Crippen LogP contribution is -2.20. The fourth-order valence-electron chi connectivity index (χ4n) is 4.25. The summed E-state index contributed by atoms with van der Waals surface area (Å²) in [6.07, 6.45) is 25.9. The van der Waals surface area contributed by atoms with Gasteiger partial charge >= 0.3 is 5.97 Å². The number of hydrogen-bond acceptors (Lipinski definition) is 2. The molecule has 30 heavy (non-hydrogen) atoms. The summed E-state index contributed by atoms with van der Waals surface area (Å²) in [6, 6.07) is 0. The maximum atomic E-state index is 12.5. The Morgan fingerprint density at radius 2 is 0.933 bits per heavy atom. The van der Waals surface area contributed by atoms with E-state index in [1.54, 1.807) is 0 Å². The number of unbranched alkanes of at least 4 members (excludes halogenated alkanes) is 14. The van der Waals surface area contributed by atoms with Crippen LogP contribution >= 0.6 is 0 Å². The predicted octanol–water partition coefficient (Wildman–Crippen LogP) is 9.64. The van der Waals surface area contributed by atoms with Crippen LogP contribution in [0.3, 0.4) is 0 Å². The highest BCUT2D eigenvalue weighted by molar-refractivity contribution is 5.71. The van der Waals surface area contributed by atoms with Gasteiger partial charge in [0, 0.05) is 0 Å². The van der Waals surface area contributed by atoms with Crippen LogP contribution in [0.15, 0.2) is 0 Å². The van der Waals surface area contributed by atoms with Crippen molar-refractivity contribution < 1.29 is 9.53 Å². The van der Waals surface area contributed by atoms with Gasteiger partial charge in [0.05, 0.1) is 12.5 Å². The SMILES string of the molecule is CCCCCCCCCC(C)C(=O)OCC(CCCCCC)CCCCCCCC. The zero-order valence-electron chi connectivity index (χ0n) is 21.3. The van der Waals surface area contributed by atoms with E-state index in [2.05, 4.69) is 27.7 Å². The minimum absolute atomic E-state index is 0.0440. The van der Waals surface area contributed by atoms with Gasteiger partial charge in [-0.3, -0.25) is 4.79 Å². The van der Waals surface area contributed by atoms with Crippen LogP contribution in [0.25, 0.3) is 0 Å². The van der Waals surface area contributed by atoms with Crippen LogP contribution in [0.5, 0.6) is 0 Å². The van der Waals surface area contributed by atoms with E-state index in [4.69, 9.17) is 4.74 Å². The highest BCUT2D eigenvalue weighted by Crippen LogP contribution is 2.21. The molecular formula is C28H56O2. The van der Waals surface area contributed by atoms with Crippen molar-refractivity contribution in [3.05, 3.63) is 0 Å². The first-order valence-corrected chi connectivity index (χ1v) is 13.8. The van der Waals surface area contributed by atoms with Gasteiger partial charge in [0.1, 0.15) is 0 Å².